The van der Waals surface area contributed by atoms with Gasteiger partial charge in [-0.25, -0.2) is 4.79 Å². The van der Waals surface area contributed by atoms with Gasteiger partial charge in [0.2, 0.25) is 0 Å². The van der Waals surface area contributed by atoms with E-state index in [9.17, 15) is 20.1 Å². The summed E-state index contributed by atoms with van der Waals surface area (Å²) in [5, 5.41) is 29.9. The average molecular weight is 459 g/mol. The maximum Gasteiger partial charge on any atom is 0.348 e. The fourth-order valence-electron chi connectivity index (χ4n) is 4.11. The van der Waals surface area contributed by atoms with Crippen LogP contribution in [-0.2, 0) is 11.2 Å². The van der Waals surface area contributed by atoms with Crippen LogP contribution in [0.1, 0.15) is 66.4 Å². The number of hydrogen-bond donors (Lipinski definition) is 3. The Balaban J connectivity index is 1.82. The Kier molecular flexibility index (Phi) is 10.8. The topological polar surface area (TPSA) is 87.0 Å². The van der Waals surface area contributed by atoms with Gasteiger partial charge in [0.1, 0.15) is 4.88 Å². The largest absolute Gasteiger partial charge is 0.465 e. The Morgan fingerprint density at radius 3 is 2.73 bits per heavy atom. The molecule has 0 unspecified atom stereocenters. The molecule has 0 amide bonds. The zero-order valence-corrected chi connectivity index (χ0v) is 19.4. The van der Waals surface area contributed by atoms with Crippen molar-refractivity contribution in [1.82, 2.24) is 0 Å². The maximum atomic E-state index is 11.6. The molecule has 0 aromatic carbocycles. The van der Waals surface area contributed by atoms with Gasteiger partial charge in [0.25, 0.3) is 0 Å². The summed E-state index contributed by atoms with van der Waals surface area (Å²) in [4.78, 5) is 13.3. The lowest BCUT2D eigenvalue weighted by molar-refractivity contribution is 0.0606. The summed E-state index contributed by atoms with van der Waals surface area (Å²) in [7, 11) is 1.38. The molecule has 3 N–H and O–H groups in total. The van der Waals surface area contributed by atoms with Gasteiger partial charge in [0, 0.05) is 16.2 Å². The average Bonchev–Trinajstić information content (AvgIpc) is 3.27. The quantitative estimate of drug-likeness (QED) is 0.188. The minimum Gasteiger partial charge on any atom is -0.465 e. The van der Waals surface area contributed by atoms with Crippen LogP contribution in [0.2, 0.25) is 0 Å². The molecule has 0 spiro atoms. The molecule has 1 fully saturated rings. The molecule has 2 rings (SSSR count). The summed E-state index contributed by atoms with van der Waals surface area (Å²) in [6.07, 6.45) is 8.81. The number of thiophene rings is 1. The first-order chi connectivity index (χ1) is 14.3. The minimum atomic E-state index is -0.538. The number of rotatable bonds is 12. The van der Waals surface area contributed by atoms with Crippen molar-refractivity contribution in [3.63, 3.8) is 0 Å². The summed E-state index contributed by atoms with van der Waals surface area (Å²) in [6, 6.07) is 3.76. The van der Waals surface area contributed by atoms with E-state index in [1.54, 1.807) is 19.1 Å². The van der Waals surface area contributed by atoms with Crippen LogP contribution < -0.4 is 0 Å². The number of aliphatic hydroxyl groups is 3. The second-order valence-electron chi connectivity index (χ2n) is 8.30. The predicted octanol–water partition coefficient (Wildman–Crippen LogP) is 4.32. The summed E-state index contributed by atoms with van der Waals surface area (Å²) in [5.74, 6) is -0.186. The van der Waals surface area contributed by atoms with E-state index in [0.717, 1.165) is 43.4 Å². The monoisotopic (exact) mass is 458 g/mol. The van der Waals surface area contributed by atoms with Crippen molar-refractivity contribution in [2.45, 2.75) is 82.0 Å². The molecule has 1 heterocycles. The number of aliphatic hydroxyl groups excluding tert-OH is 3. The highest BCUT2D eigenvalue weighted by atomic mass is 35.5. The molecule has 0 saturated heterocycles. The SMILES string of the molecule is COC(=O)c1ccc(CCC[C@@H]2[C@H](C=C[C@H](O)CCCC[C@@H](C)O)[C@H](O)C[C@@H]2Cl)s1. The molecular formula is C23H35ClO5S. The van der Waals surface area contributed by atoms with Crippen molar-refractivity contribution in [2.24, 2.45) is 11.8 Å². The van der Waals surface area contributed by atoms with Crippen LogP contribution in [0.3, 0.4) is 0 Å². The van der Waals surface area contributed by atoms with Crippen LogP contribution in [0.5, 0.6) is 0 Å². The molecule has 0 bridgehead atoms. The number of hydrogen-bond acceptors (Lipinski definition) is 6. The van der Waals surface area contributed by atoms with Gasteiger partial charge in [-0.2, -0.15) is 0 Å². The molecule has 1 aromatic heterocycles. The van der Waals surface area contributed by atoms with Crippen LogP contribution in [-0.4, -0.2) is 52.1 Å². The molecule has 30 heavy (non-hydrogen) atoms. The number of carbonyl (C=O) groups is 1. The fourth-order valence-corrected chi connectivity index (χ4v) is 5.56. The second-order valence-corrected chi connectivity index (χ2v) is 10.0. The highest BCUT2D eigenvalue weighted by Crippen LogP contribution is 2.40. The normalized spacial score (nSPS) is 26.2. The third-order valence-electron chi connectivity index (χ3n) is 5.81. The molecule has 6 atom stereocenters. The van der Waals surface area contributed by atoms with Crippen molar-refractivity contribution in [2.75, 3.05) is 7.11 Å². The fraction of sp³-hybridized carbons (Fsp3) is 0.696. The number of unbranched alkanes of at least 4 members (excludes halogenated alkanes) is 1. The van der Waals surface area contributed by atoms with E-state index < -0.39 is 12.2 Å². The Labute approximate surface area is 188 Å². The number of alkyl halides is 1. The van der Waals surface area contributed by atoms with Crippen LogP contribution in [0.25, 0.3) is 0 Å². The molecule has 7 heteroatoms. The van der Waals surface area contributed by atoms with E-state index in [2.05, 4.69) is 0 Å². The first-order valence-electron chi connectivity index (χ1n) is 10.9. The molecule has 170 valence electrons. The van der Waals surface area contributed by atoms with Crippen LogP contribution in [0.4, 0.5) is 0 Å². The Bertz CT molecular complexity index is 674. The van der Waals surface area contributed by atoms with Gasteiger partial charge in [0.05, 0.1) is 25.4 Å². The van der Waals surface area contributed by atoms with Crippen molar-refractivity contribution in [3.05, 3.63) is 34.0 Å². The number of carbonyl (C=O) groups excluding carboxylic acids is 1. The second kappa shape index (κ2) is 12.8. The molecular weight excluding hydrogens is 424 g/mol. The molecule has 0 radical (unpaired) electrons. The first kappa shape index (κ1) is 25.3. The summed E-state index contributed by atoms with van der Waals surface area (Å²) in [6.45, 7) is 1.77. The standard InChI is InChI=1S/C23H35ClO5S/c1-15(25)6-3-4-7-16(26)10-12-19-18(20(24)14-21(19)27)9-5-8-17-11-13-22(30-17)23(28)29-2/h10-13,15-16,18-21,25-27H,3-9,14H2,1-2H3/t15-,16-,18-,19+,20+,21-/m1/s1. The van der Waals surface area contributed by atoms with Crippen LogP contribution in [0, 0.1) is 11.8 Å². The van der Waals surface area contributed by atoms with Gasteiger partial charge in [-0.05, 0) is 63.5 Å². The van der Waals surface area contributed by atoms with Gasteiger partial charge >= 0.3 is 5.97 Å². The predicted molar refractivity (Wildman–Crippen MR) is 121 cm³/mol. The summed E-state index contributed by atoms with van der Waals surface area (Å²) in [5.41, 5.74) is 0. The van der Waals surface area contributed by atoms with E-state index >= 15 is 0 Å². The van der Waals surface area contributed by atoms with E-state index in [-0.39, 0.29) is 29.3 Å². The van der Waals surface area contributed by atoms with Crippen molar-refractivity contribution >= 4 is 28.9 Å². The summed E-state index contributed by atoms with van der Waals surface area (Å²) >= 11 is 7.98. The van der Waals surface area contributed by atoms with Gasteiger partial charge < -0.3 is 20.1 Å². The number of methoxy groups -OCH3 is 1. The molecule has 1 saturated carbocycles. The summed E-state index contributed by atoms with van der Waals surface area (Å²) < 4.78 is 4.75. The van der Waals surface area contributed by atoms with E-state index in [4.69, 9.17) is 16.3 Å². The van der Waals surface area contributed by atoms with E-state index in [1.165, 1.54) is 18.4 Å². The number of aryl methyl sites for hydroxylation is 1. The Morgan fingerprint density at radius 1 is 1.30 bits per heavy atom. The highest BCUT2D eigenvalue weighted by Gasteiger charge is 2.39. The Morgan fingerprint density at radius 2 is 2.03 bits per heavy atom. The Hall–Kier alpha value is -0.920. The maximum absolute atomic E-state index is 11.6. The first-order valence-corrected chi connectivity index (χ1v) is 12.1. The molecule has 5 nitrogen and oxygen atoms in total. The van der Waals surface area contributed by atoms with Gasteiger partial charge in [-0.3, -0.25) is 0 Å². The number of esters is 1. The van der Waals surface area contributed by atoms with Gasteiger partial charge in [-0.15, -0.1) is 22.9 Å². The molecule has 1 aromatic rings. The van der Waals surface area contributed by atoms with E-state index in [1.807, 2.05) is 12.1 Å². The molecule has 0 aliphatic heterocycles. The van der Waals surface area contributed by atoms with Crippen LogP contribution >= 0.6 is 22.9 Å². The lowest BCUT2D eigenvalue weighted by Crippen LogP contribution is -2.19. The van der Waals surface area contributed by atoms with E-state index in [0.29, 0.717) is 17.7 Å². The smallest absolute Gasteiger partial charge is 0.348 e. The van der Waals surface area contributed by atoms with Crippen molar-refractivity contribution < 1.29 is 24.9 Å². The lowest BCUT2D eigenvalue weighted by Gasteiger charge is -2.21. The number of halogens is 1. The van der Waals surface area contributed by atoms with Crippen LogP contribution in [0.15, 0.2) is 24.3 Å². The zero-order chi connectivity index (χ0) is 22.1. The third-order valence-corrected chi connectivity index (χ3v) is 7.43. The molecule has 1 aliphatic carbocycles. The van der Waals surface area contributed by atoms with Crippen molar-refractivity contribution in [3.8, 4) is 0 Å². The van der Waals surface area contributed by atoms with Gasteiger partial charge in [-0.1, -0.05) is 25.0 Å². The minimum absolute atomic E-state index is 0.0476. The van der Waals surface area contributed by atoms with Gasteiger partial charge in [0.15, 0.2) is 0 Å². The molecule has 1 aliphatic rings. The number of ether oxygens (including phenoxy) is 1. The third kappa shape index (κ3) is 7.97. The van der Waals surface area contributed by atoms with Crippen molar-refractivity contribution in [1.29, 1.82) is 0 Å². The highest BCUT2D eigenvalue weighted by molar-refractivity contribution is 7.13. The lowest BCUT2D eigenvalue weighted by atomic mass is 9.89. The zero-order valence-electron chi connectivity index (χ0n) is 17.9.